The third-order valence-corrected chi connectivity index (χ3v) is 7.40. The second-order valence-electron chi connectivity index (χ2n) is 5.79. The number of phenols is 1. The van der Waals surface area contributed by atoms with E-state index in [1.54, 1.807) is 24.3 Å². The van der Waals surface area contributed by atoms with Crippen LogP contribution < -0.4 is 9.44 Å². The molecule has 152 valence electrons. The molecule has 0 fully saturated rings. The maximum atomic E-state index is 12.6. The standard InChI is InChI=1S/C18H14Cl2N2O5S2/c19-16-14(21-28(24,25)12-7-3-1-4-8-12)11-15(18(23)17(16)20)22-29(26,27)13-9-5-2-6-10-13/h1-11,21-23H. The first kappa shape index (κ1) is 21.3. The Morgan fingerprint density at radius 1 is 0.655 bits per heavy atom. The Bertz CT molecular complexity index is 1150. The normalized spacial score (nSPS) is 11.8. The van der Waals surface area contributed by atoms with Crippen molar-refractivity contribution >= 4 is 54.6 Å². The highest BCUT2D eigenvalue weighted by Crippen LogP contribution is 2.43. The van der Waals surface area contributed by atoms with Crippen molar-refractivity contribution in [3.8, 4) is 5.75 Å². The first-order chi connectivity index (χ1) is 13.6. The number of anilines is 2. The van der Waals surface area contributed by atoms with Gasteiger partial charge in [-0.2, -0.15) is 0 Å². The molecule has 0 aromatic heterocycles. The van der Waals surface area contributed by atoms with Gasteiger partial charge in [0.2, 0.25) is 0 Å². The van der Waals surface area contributed by atoms with Crippen LogP contribution in [0.5, 0.6) is 5.75 Å². The molecule has 0 radical (unpaired) electrons. The molecule has 0 aliphatic carbocycles. The molecule has 0 aliphatic rings. The lowest BCUT2D eigenvalue weighted by atomic mass is 10.2. The lowest BCUT2D eigenvalue weighted by molar-refractivity contribution is 0.478. The molecule has 7 nitrogen and oxygen atoms in total. The molecule has 3 aromatic rings. The molecule has 0 unspecified atom stereocenters. The summed E-state index contributed by atoms with van der Waals surface area (Å²) in [4.78, 5) is -0.0939. The molecular weight excluding hydrogens is 459 g/mol. The van der Waals surface area contributed by atoms with Crippen LogP contribution in [0.25, 0.3) is 0 Å². The number of sulfonamides is 2. The van der Waals surface area contributed by atoms with Crippen molar-refractivity contribution in [1.82, 2.24) is 0 Å². The average Bonchev–Trinajstić information content (AvgIpc) is 2.71. The van der Waals surface area contributed by atoms with Crippen LogP contribution in [0.1, 0.15) is 0 Å². The fraction of sp³-hybridized carbons (Fsp3) is 0. The Balaban J connectivity index is 2.02. The van der Waals surface area contributed by atoms with Crippen LogP contribution in [0, 0.1) is 0 Å². The molecule has 0 aliphatic heterocycles. The maximum absolute atomic E-state index is 12.6. The number of rotatable bonds is 6. The van der Waals surface area contributed by atoms with Gasteiger partial charge >= 0.3 is 0 Å². The molecule has 0 saturated heterocycles. The van der Waals surface area contributed by atoms with Gasteiger partial charge in [-0.15, -0.1) is 0 Å². The molecule has 29 heavy (non-hydrogen) atoms. The fourth-order valence-corrected chi connectivity index (χ4v) is 4.99. The van der Waals surface area contributed by atoms with Crippen LogP contribution in [0.15, 0.2) is 76.5 Å². The van der Waals surface area contributed by atoms with Crippen molar-refractivity contribution < 1.29 is 21.9 Å². The summed E-state index contributed by atoms with van der Waals surface area (Å²) in [6, 6.07) is 15.9. The first-order valence-corrected chi connectivity index (χ1v) is 11.7. The van der Waals surface area contributed by atoms with Crippen molar-refractivity contribution in [2.45, 2.75) is 9.79 Å². The van der Waals surface area contributed by atoms with Crippen LogP contribution in [0.4, 0.5) is 11.4 Å². The van der Waals surface area contributed by atoms with E-state index in [1.165, 1.54) is 36.4 Å². The van der Waals surface area contributed by atoms with Crippen LogP contribution in [0.3, 0.4) is 0 Å². The summed E-state index contributed by atoms with van der Waals surface area (Å²) < 4.78 is 54.6. The highest BCUT2D eigenvalue weighted by molar-refractivity contribution is 7.93. The number of nitrogens with one attached hydrogen (secondary N) is 2. The lowest BCUT2D eigenvalue weighted by Gasteiger charge is -2.16. The zero-order valence-electron chi connectivity index (χ0n) is 14.5. The van der Waals surface area contributed by atoms with E-state index in [2.05, 4.69) is 9.44 Å². The number of aromatic hydroxyl groups is 1. The van der Waals surface area contributed by atoms with E-state index in [0.29, 0.717) is 0 Å². The minimum absolute atomic E-state index is 0.0355. The number of hydrogen-bond donors (Lipinski definition) is 3. The van der Waals surface area contributed by atoms with E-state index in [1.807, 2.05) is 0 Å². The first-order valence-electron chi connectivity index (χ1n) is 7.98. The Morgan fingerprint density at radius 3 is 1.52 bits per heavy atom. The number of benzene rings is 3. The van der Waals surface area contributed by atoms with Crippen molar-refractivity contribution in [2.75, 3.05) is 9.44 Å². The van der Waals surface area contributed by atoms with Gasteiger partial charge in [0, 0.05) is 0 Å². The van der Waals surface area contributed by atoms with Crippen LogP contribution in [-0.2, 0) is 20.0 Å². The molecule has 11 heteroatoms. The summed E-state index contributed by atoms with van der Waals surface area (Å²) in [5.41, 5.74) is -0.543. The Labute approximate surface area is 178 Å². The summed E-state index contributed by atoms with van der Waals surface area (Å²) in [5.74, 6) is -0.640. The molecule has 0 atom stereocenters. The van der Waals surface area contributed by atoms with E-state index in [-0.39, 0.29) is 26.2 Å². The van der Waals surface area contributed by atoms with Gasteiger partial charge in [0.25, 0.3) is 20.0 Å². The highest BCUT2D eigenvalue weighted by atomic mass is 35.5. The van der Waals surface area contributed by atoms with Crippen molar-refractivity contribution in [3.05, 3.63) is 76.8 Å². The van der Waals surface area contributed by atoms with Crippen LogP contribution in [-0.4, -0.2) is 21.9 Å². The topological polar surface area (TPSA) is 113 Å². The summed E-state index contributed by atoms with van der Waals surface area (Å²) in [7, 11) is -8.10. The van der Waals surface area contributed by atoms with Gasteiger partial charge in [-0.05, 0) is 30.3 Å². The fourth-order valence-electron chi connectivity index (χ4n) is 2.38. The smallest absolute Gasteiger partial charge is 0.262 e. The number of phenolic OH excluding ortho intramolecular Hbond substituents is 1. The van der Waals surface area contributed by atoms with E-state index in [0.717, 1.165) is 6.07 Å². The highest BCUT2D eigenvalue weighted by Gasteiger charge is 2.23. The lowest BCUT2D eigenvalue weighted by Crippen LogP contribution is -2.15. The Kier molecular flexibility index (Phi) is 5.95. The minimum atomic E-state index is -4.07. The molecule has 0 heterocycles. The molecule has 0 saturated carbocycles. The van der Waals surface area contributed by atoms with E-state index >= 15 is 0 Å². The zero-order chi connectivity index (χ0) is 21.2. The van der Waals surface area contributed by atoms with Crippen molar-refractivity contribution in [1.29, 1.82) is 0 Å². The van der Waals surface area contributed by atoms with Gasteiger partial charge in [0.05, 0.1) is 26.2 Å². The molecule has 3 rings (SSSR count). The van der Waals surface area contributed by atoms with Gasteiger partial charge in [-0.3, -0.25) is 9.44 Å². The van der Waals surface area contributed by atoms with Gasteiger partial charge < -0.3 is 5.11 Å². The van der Waals surface area contributed by atoms with Crippen molar-refractivity contribution in [2.24, 2.45) is 0 Å². The number of hydrogen-bond acceptors (Lipinski definition) is 5. The number of halogens is 2. The predicted molar refractivity (Wildman–Crippen MR) is 113 cm³/mol. The van der Waals surface area contributed by atoms with Crippen LogP contribution >= 0.6 is 23.2 Å². The largest absolute Gasteiger partial charge is 0.504 e. The quantitative estimate of drug-likeness (QED) is 0.365. The minimum Gasteiger partial charge on any atom is -0.504 e. The second-order valence-corrected chi connectivity index (χ2v) is 9.91. The predicted octanol–water partition coefficient (Wildman–Crippen LogP) is 4.30. The molecule has 0 spiro atoms. The third-order valence-electron chi connectivity index (χ3n) is 3.78. The molecule has 0 bridgehead atoms. The summed E-state index contributed by atoms with van der Waals surface area (Å²) in [5, 5.41) is 9.51. The van der Waals surface area contributed by atoms with Crippen molar-refractivity contribution in [3.63, 3.8) is 0 Å². The summed E-state index contributed by atoms with van der Waals surface area (Å²) in [6.45, 7) is 0. The SMILES string of the molecule is O=S(=O)(Nc1cc(NS(=O)(=O)c2ccccc2)c(Cl)c(Cl)c1O)c1ccccc1. The van der Waals surface area contributed by atoms with E-state index in [9.17, 15) is 21.9 Å². The third kappa shape index (κ3) is 4.59. The molecule has 0 amide bonds. The second kappa shape index (κ2) is 8.11. The van der Waals surface area contributed by atoms with Gasteiger partial charge in [-0.25, -0.2) is 16.8 Å². The molecular formula is C18H14Cl2N2O5S2. The van der Waals surface area contributed by atoms with Crippen LogP contribution in [0.2, 0.25) is 10.0 Å². The van der Waals surface area contributed by atoms with Gasteiger partial charge in [-0.1, -0.05) is 59.6 Å². The maximum Gasteiger partial charge on any atom is 0.262 e. The summed E-state index contributed by atoms with van der Waals surface area (Å²) >= 11 is 12.0. The molecule has 3 aromatic carbocycles. The van der Waals surface area contributed by atoms with Gasteiger partial charge in [0.1, 0.15) is 5.02 Å². The summed E-state index contributed by atoms with van der Waals surface area (Å²) in [6.07, 6.45) is 0. The Morgan fingerprint density at radius 2 is 1.07 bits per heavy atom. The average molecular weight is 473 g/mol. The van der Waals surface area contributed by atoms with E-state index < -0.39 is 30.8 Å². The monoisotopic (exact) mass is 472 g/mol. The molecule has 3 N–H and O–H groups in total. The van der Waals surface area contributed by atoms with Gasteiger partial charge in [0.15, 0.2) is 5.75 Å². The Hall–Kier alpha value is -2.46. The van der Waals surface area contributed by atoms with E-state index in [4.69, 9.17) is 23.2 Å². The zero-order valence-corrected chi connectivity index (χ0v) is 17.6.